The smallest absolute Gasteiger partial charge is 0.351 e. The van der Waals surface area contributed by atoms with E-state index in [9.17, 15) is 19.2 Å². The Hall–Kier alpha value is -7.11. The molecule has 8 atom stereocenters. The second kappa shape index (κ2) is 30.6. The van der Waals surface area contributed by atoms with Crippen LogP contribution in [-0.4, -0.2) is 123 Å². The molecule has 4 aliphatic rings. The fourth-order valence-corrected chi connectivity index (χ4v) is 7.57. The van der Waals surface area contributed by atoms with E-state index in [2.05, 4.69) is 44.5 Å². The third-order valence-corrected chi connectivity index (χ3v) is 11.3. The van der Waals surface area contributed by atoms with Crippen LogP contribution in [0, 0.1) is 0 Å². The van der Waals surface area contributed by atoms with Crippen molar-refractivity contribution >= 4 is 23.4 Å². The number of nitrogens with two attached hydrogens (primary N) is 2. The molecule has 0 bridgehead atoms. The van der Waals surface area contributed by atoms with Gasteiger partial charge in [0.25, 0.3) is 0 Å². The second-order valence-corrected chi connectivity index (χ2v) is 17.2. The summed E-state index contributed by atoms with van der Waals surface area (Å²) in [6.45, 7) is 6.08. The van der Waals surface area contributed by atoms with Crippen molar-refractivity contribution < 1.29 is 62.7 Å². The SMILES string of the molecule is CC(=O)Nc1ccn([C@@H]2CO[C@H](COCc3ccccc3)O2)c(=O)n1.CC1CO[C@H](CCc2ccccc2)O1.Nc1ccn([C@@H]2CO[C@H](CO)O2)c(=O)n1.Nc1ccn([C@@H]2CO[C@H](COCc3ccccc3)O2)c(=O)n1.O. The number of rotatable bonds is 16. The topological polar surface area (TPSA) is 330 Å². The summed E-state index contributed by atoms with van der Waals surface area (Å²) in [7, 11) is 0. The van der Waals surface area contributed by atoms with Crippen molar-refractivity contribution in [2.45, 2.75) is 89.9 Å². The quantitative estimate of drug-likeness (QED) is 0.108. The molecule has 1 amide bonds. The number of amides is 1. The zero-order valence-electron chi connectivity index (χ0n) is 42.5. The predicted octanol–water partition coefficient (Wildman–Crippen LogP) is 2.45. The second-order valence-electron chi connectivity index (χ2n) is 17.2. The highest BCUT2D eigenvalue weighted by Gasteiger charge is 2.30. The summed E-state index contributed by atoms with van der Waals surface area (Å²) in [4.78, 5) is 57.2. The molecule has 25 nitrogen and oxygen atoms in total. The fraction of sp³-hybridized carbons (Fsp3) is 0.404. The molecule has 25 heteroatoms. The van der Waals surface area contributed by atoms with Gasteiger partial charge in [0, 0.05) is 31.9 Å². The van der Waals surface area contributed by atoms with E-state index in [0.29, 0.717) is 19.8 Å². The van der Waals surface area contributed by atoms with Crippen LogP contribution < -0.4 is 33.9 Å². The zero-order valence-corrected chi connectivity index (χ0v) is 42.5. The van der Waals surface area contributed by atoms with Gasteiger partial charge in [0.15, 0.2) is 43.8 Å². The van der Waals surface area contributed by atoms with Gasteiger partial charge >= 0.3 is 17.1 Å². The van der Waals surface area contributed by atoms with E-state index in [0.717, 1.165) is 30.6 Å². The molecule has 77 heavy (non-hydrogen) atoms. The lowest BCUT2D eigenvalue weighted by molar-refractivity contribution is -0.118. The number of anilines is 3. The van der Waals surface area contributed by atoms with Crippen molar-refractivity contribution in [3.05, 3.63) is 176 Å². The molecule has 4 aliphatic heterocycles. The van der Waals surface area contributed by atoms with E-state index >= 15 is 0 Å². The molecular weight excluding hydrogens is 1010 g/mol. The standard InChI is InChI=1S/C17H19N3O5.C15H17N3O4.C12H16O2.C8H11N3O4.H2O/c1-12(21)18-14-7-8-20(17(22)19-14)15-10-24-16(25-15)11-23-9-13-5-3-2-4-6-13;16-12-6-7-18(15(19)17-12)13-9-21-14(22-13)10-20-8-11-4-2-1-3-5-11;1-10-9-13-12(14-10)8-7-11-5-3-2-4-6-11;9-5-1-2-11(8(13)10-5)6-4-14-7(3-12)15-6;/h2-8,15-16H,9-11H2,1H3,(H,18,19,21,22);1-7,13-14H,8-10H2,(H2,16,17,19);2-6,10,12H,7-9H2,1H3;1-2,6-7,12H,3-4H2,(H2,9,10,13);1H2/t15-,16-;13-,14-;10?,12-;6-,7-;/m0000./s1. The molecule has 1 unspecified atom stereocenters. The van der Waals surface area contributed by atoms with E-state index < -0.39 is 54.6 Å². The van der Waals surface area contributed by atoms with Crippen LogP contribution in [0.3, 0.4) is 0 Å². The van der Waals surface area contributed by atoms with Crippen molar-refractivity contribution in [1.29, 1.82) is 0 Å². The zero-order chi connectivity index (χ0) is 53.7. The van der Waals surface area contributed by atoms with Gasteiger partial charge < -0.3 is 74.7 Å². The number of nitrogen functional groups attached to an aromatic ring is 2. The molecule has 0 spiro atoms. The molecule has 4 saturated heterocycles. The van der Waals surface area contributed by atoms with Crippen LogP contribution >= 0.6 is 0 Å². The first kappa shape index (κ1) is 59.1. The average molecular weight is 1070 g/mol. The summed E-state index contributed by atoms with van der Waals surface area (Å²) in [6.07, 6.45) is 3.43. The molecule has 0 saturated carbocycles. The van der Waals surface area contributed by atoms with Gasteiger partial charge in [-0.1, -0.05) is 91.0 Å². The first-order valence-corrected chi connectivity index (χ1v) is 24.4. The molecule has 0 radical (unpaired) electrons. The maximum Gasteiger partial charge on any atom is 0.351 e. The van der Waals surface area contributed by atoms with Crippen LogP contribution in [0.2, 0.25) is 0 Å². The van der Waals surface area contributed by atoms with Crippen LogP contribution in [0.1, 0.15) is 55.6 Å². The fourth-order valence-electron chi connectivity index (χ4n) is 7.57. The number of hydrogen-bond acceptors (Lipinski definition) is 20. The number of benzene rings is 3. The Morgan fingerprint density at radius 3 is 1.40 bits per heavy atom. The number of carbonyl (C=O) groups is 1. The molecule has 3 aromatic carbocycles. The summed E-state index contributed by atoms with van der Waals surface area (Å²) < 4.78 is 58.7. The maximum absolute atomic E-state index is 12.0. The van der Waals surface area contributed by atoms with E-state index in [-0.39, 0.29) is 74.3 Å². The summed E-state index contributed by atoms with van der Waals surface area (Å²) in [5.74, 6) is 0.257. The monoisotopic (exact) mass is 1070 g/mol. The van der Waals surface area contributed by atoms with Crippen LogP contribution in [0.15, 0.2) is 142 Å². The minimum atomic E-state index is -0.681. The summed E-state index contributed by atoms with van der Waals surface area (Å²) in [5.41, 5.74) is 12.8. The van der Waals surface area contributed by atoms with Gasteiger partial charge in [-0.15, -0.1) is 0 Å². The number of aliphatic hydroxyl groups is 1. The Balaban J connectivity index is 0.000000170. The molecule has 0 aliphatic carbocycles. The van der Waals surface area contributed by atoms with Gasteiger partial charge in [0.05, 0.1) is 65.6 Å². The number of aryl methyl sites for hydroxylation is 1. The third-order valence-electron chi connectivity index (χ3n) is 11.3. The number of hydrogen-bond donors (Lipinski definition) is 4. The Bertz CT molecular complexity index is 2880. The Morgan fingerprint density at radius 2 is 1.00 bits per heavy atom. The van der Waals surface area contributed by atoms with Crippen molar-refractivity contribution in [2.24, 2.45) is 0 Å². The first-order chi connectivity index (χ1) is 36.9. The molecular formula is C52H65N9O16. The number of ether oxygens (including phenoxy) is 10. The van der Waals surface area contributed by atoms with E-state index in [4.69, 9.17) is 63.9 Å². The largest absolute Gasteiger partial charge is 0.412 e. The summed E-state index contributed by atoms with van der Waals surface area (Å²) in [6, 6.07) is 34.6. The van der Waals surface area contributed by atoms with E-state index in [1.165, 1.54) is 50.7 Å². The number of nitrogens with zero attached hydrogens (tertiary/aromatic N) is 6. The number of carbonyl (C=O) groups excluding carboxylic acids is 1. The lowest BCUT2D eigenvalue weighted by atomic mass is 10.1. The normalized spacial score (nSPS) is 22.3. The highest BCUT2D eigenvalue weighted by atomic mass is 16.8. The molecule has 7 heterocycles. The molecule has 6 aromatic rings. The van der Waals surface area contributed by atoms with Gasteiger partial charge in [-0.25, -0.2) is 14.4 Å². The minimum absolute atomic E-state index is 0. The van der Waals surface area contributed by atoms with Crippen molar-refractivity contribution in [1.82, 2.24) is 28.7 Å². The van der Waals surface area contributed by atoms with Crippen molar-refractivity contribution in [3.8, 4) is 0 Å². The molecule has 8 N–H and O–H groups in total. The Labute approximate surface area is 442 Å². The van der Waals surface area contributed by atoms with Gasteiger partial charge in [0.1, 0.15) is 17.5 Å². The van der Waals surface area contributed by atoms with Crippen LogP contribution in [0.4, 0.5) is 17.5 Å². The highest BCUT2D eigenvalue weighted by Crippen LogP contribution is 2.23. The molecule has 414 valence electrons. The lowest BCUT2D eigenvalue weighted by Gasteiger charge is -2.14. The minimum Gasteiger partial charge on any atom is -0.412 e. The lowest BCUT2D eigenvalue weighted by Crippen LogP contribution is -2.29. The third kappa shape index (κ3) is 19.1. The molecule has 3 aromatic heterocycles. The van der Waals surface area contributed by atoms with Crippen LogP contribution in [0.25, 0.3) is 0 Å². The van der Waals surface area contributed by atoms with Gasteiger partial charge in [-0.05, 0) is 48.2 Å². The number of aliphatic hydroxyl groups excluding tert-OH is 1. The molecule has 4 fully saturated rings. The Kier molecular flexibility index (Phi) is 23.5. The number of nitrogens with one attached hydrogen (secondary N) is 1. The summed E-state index contributed by atoms with van der Waals surface area (Å²) >= 11 is 0. The van der Waals surface area contributed by atoms with E-state index in [1.807, 2.05) is 73.7 Å². The average Bonchev–Trinajstić information content (AvgIpc) is 4.27. The van der Waals surface area contributed by atoms with Gasteiger partial charge in [-0.2, -0.15) is 15.0 Å². The first-order valence-electron chi connectivity index (χ1n) is 24.4. The van der Waals surface area contributed by atoms with Crippen LogP contribution in [-0.2, 0) is 71.8 Å². The van der Waals surface area contributed by atoms with Crippen molar-refractivity contribution in [3.63, 3.8) is 0 Å². The van der Waals surface area contributed by atoms with Gasteiger partial charge in [0.2, 0.25) is 5.91 Å². The maximum atomic E-state index is 12.0. The Morgan fingerprint density at radius 1 is 0.584 bits per heavy atom. The highest BCUT2D eigenvalue weighted by molar-refractivity contribution is 5.87. The summed E-state index contributed by atoms with van der Waals surface area (Å²) in [5, 5.41) is 11.2. The van der Waals surface area contributed by atoms with E-state index in [1.54, 1.807) is 12.3 Å². The number of aromatic nitrogens is 6. The van der Waals surface area contributed by atoms with Gasteiger partial charge in [-0.3, -0.25) is 18.5 Å². The van der Waals surface area contributed by atoms with Crippen LogP contribution in [0.5, 0.6) is 0 Å². The molecule has 10 rings (SSSR count). The predicted molar refractivity (Wildman–Crippen MR) is 276 cm³/mol. The van der Waals surface area contributed by atoms with Crippen molar-refractivity contribution in [2.75, 3.05) is 63.0 Å².